The highest BCUT2D eigenvalue weighted by atomic mass is 16.6. The second-order valence-corrected chi connectivity index (χ2v) is 18.8. The predicted octanol–water partition coefficient (Wildman–Crippen LogP) is 20.3. The van der Waals surface area contributed by atoms with Gasteiger partial charge in [-0.15, -0.1) is 0 Å². The molecule has 0 aromatic heterocycles. The molecule has 1 unspecified atom stereocenters. The molecule has 0 amide bonds. The fraction of sp³-hybridized carbons (Fsp3) is 0.551. The van der Waals surface area contributed by atoms with Crippen LogP contribution in [-0.2, 0) is 28.6 Å². The van der Waals surface area contributed by atoms with E-state index >= 15 is 0 Å². The third-order valence-electron chi connectivity index (χ3n) is 11.7. The zero-order valence-corrected chi connectivity index (χ0v) is 47.7. The molecule has 75 heavy (non-hydrogen) atoms. The molecule has 0 rings (SSSR count). The van der Waals surface area contributed by atoms with Crippen LogP contribution in [0.5, 0.6) is 0 Å². The van der Waals surface area contributed by atoms with E-state index in [9.17, 15) is 14.4 Å². The minimum absolute atomic E-state index is 0.129. The summed E-state index contributed by atoms with van der Waals surface area (Å²) in [4.78, 5) is 38.2. The summed E-state index contributed by atoms with van der Waals surface area (Å²) in [6.07, 6.45) is 90.7. The largest absolute Gasteiger partial charge is 0.462 e. The first-order chi connectivity index (χ1) is 37.0. The van der Waals surface area contributed by atoms with Crippen molar-refractivity contribution in [3.05, 3.63) is 170 Å². The second-order valence-electron chi connectivity index (χ2n) is 18.8. The third kappa shape index (κ3) is 59.5. The summed E-state index contributed by atoms with van der Waals surface area (Å²) in [6.45, 7) is 6.20. The van der Waals surface area contributed by atoms with Gasteiger partial charge in [-0.3, -0.25) is 14.4 Å². The molecular weight excluding hydrogens is 925 g/mol. The van der Waals surface area contributed by atoms with Crippen LogP contribution in [0.3, 0.4) is 0 Å². The lowest BCUT2D eigenvalue weighted by atomic mass is 10.1. The molecule has 0 saturated heterocycles. The number of hydrogen-bond donors (Lipinski definition) is 0. The van der Waals surface area contributed by atoms with Crippen LogP contribution in [0, 0.1) is 0 Å². The highest BCUT2D eigenvalue weighted by molar-refractivity contribution is 5.71. The van der Waals surface area contributed by atoms with Gasteiger partial charge in [-0.05, 0) is 135 Å². The van der Waals surface area contributed by atoms with Crippen molar-refractivity contribution in [2.75, 3.05) is 13.2 Å². The monoisotopic (exact) mass is 1030 g/mol. The Morgan fingerprint density at radius 2 is 0.507 bits per heavy atom. The quantitative estimate of drug-likeness (QED) is 0.0261. The van der Waals surface area contributed by atoms with Crippen molar-refractivity contribution in [3.8, 4) is 0 Å². The molecule has 0 aromatic rings. The molecule has 0 aliphatic rings. The molecule has 0 heterocycles. The van der Waals surface area contributed by atoms with Crippen LogP contribution >= 0.6 is 0 Å². The van der Waals surface area contributed by atoms with Crippen LogP contribution in [0.25, 0.3) is 0 Å². The van der Waals surface area contributed by atoms with Gasteiger partial charge in [-0.25, -0.2) is 0 Å². The molecule has 0 bridgehead atoms. The van der Waals surface area contributed by atoms with Crippen LogP contribution < -0.4 is 0 Å². The Morgan fingerprint density at radius 3 is 0.800 bits per heavy atom. The summed E-state index contributed by atoms with van der Waals surface area (Å²) in [7, 11) is 0. The maximum atomic E-state index is 12.9. The van der Waals surface area contributed by atoms with E-state index in [-0.39, 0.29) is 31.6 Å². The van der Waals surface area contributed by atoms with Gasteiger partial charge in [0.2, 0.25) is 0 Å². The normalized spacial score (nSPS) is 13.4. The molecule has 0 N–H and O–H groups in total. The van der Waals surface area contributed by atoms with E-state index in [1.165, 1.54) is 32.1 Å². The molecule has 1 atom stereocenters. The summed E-state index contributed by atoms with van der Waals surface area (Å²) in [5.41, 5.74) is 0. The molecule has 0 saturated carbocycles. The van der Waals surface area contributed by atoms with E-state index < -0.39 is 12.1 Å². The van der Waals surface area contributed by atoms with Gasteiger partial charge in [0, 0.05) is 19.3 Å². The lowest BCUT2D eigenvalue weighted by Gasteiger charge is -2.18. The molecule has 0 aromatic carbocycles. The van der Waals surface area contributed by atoms with E-state index in [4.69, 9.17) is 14.2 Å². The molecule has 0 spiro atoms. The van der Waals surface area contributed by atoms with Crippen molar-refractivity contribution in [1.82, 2.24) is 0 Å². The van der Waals surface area contributed by atoms with E-state index in [2.05, 4.69) is 179 Å². The van der Waals surface area contributed by atoms with Gasteiger partial charge < -0.3 is 14.2 Å². The van der Waals surface area contributed by atoms with Gasteiger partial charge in [0.25, 0.3) is 0 Å². The van der Waals surface area contributed by atoms with E-state index in [1.54, 1.807) is 0 Å². The lowest BCUT2D eigenvalue weighted by molar-refractivity contribution is -0.166. The number of unbranched alkanes of at least 4 members (excludes halogenated alkanes) is 12. The number of carbonyl (C=O) groups is 3. The van der Waals surface area contributed by atoms with Crippen LogP contribution in [0.2, 0.25) is 0 Å². The first-order valence-corrected chi connectivity index (χ1v) is 29.6. The fourth-order valence-electron chi connectivity index (χ4n) is 7.39. The van der Waals surface area contributed by atoms with Gasteiger partial charge in [-0.1, -0.05) is 242 Å². The van der Waals surface area contributed by atoms with Crippen molar-refractivity contribution >= 4 is 17.9 Å². The third-order valence-corrected chi connectivity index (χ3v) is 11.7. The second kappa shape index (κ2) is 61.3. The smallest absolute Gasteiger partial charge is 0.306 e. The topological polar surface area (TPSA) is 78.9 Å². The zero-order valence-electron chi connectivity index (χ0n) is 47.7. The average molecular weight is 1030 g/mol. The standard InChI is InChI=1S/C69H106O6/c1-4-7-10-13-16-19-22-25-28-31-33-34-36-38-41-44-47-50-53-56-59-62-68(71)74-65-66(64-73-67(70)61-58-55-52-49-46-43-40-37-30-27-24-21-18-15-12-9-6-3)75-69(72)63-60-57-54-51-48-45-42-39-35-32-29-26-23-20-17-14-11-8-5-2/h7-12,16-21,25-30,33-35,39-40,43,45,48,54,57,66H,4-6,13-15,22-24,31-32,36-38,41-42,44,46-47,49-53,55-56,58-65H2,1-3H3/b10-7-,11-8-,12-9-,19-16-,20-17-,21-18-,28-25-,29-26-,30-27-,34-33-,39-35-,43-40-,48-45-,57-54-. The maximum absolute atomic E-state index is 12.9. The van der Waals surface area contributed by atoms with Crippen molar-refractivity contribution in [2.24, 2.45) is 0 Å². The highest BCUT2D eigenvalue weighted by Gasteiger charge is 2.19. The van der Waals surface area contributed by atoms with Crippen molar-refractivity contribution in [1.29, 1.82) is 0 Å². The first kappa shape index (κ1) is 69.8. The summed E-state index contributed by atoms with van der Waals surface area (Å²) < 4.78 is 16.8. The summed E-state index contributed by atoms with van der Waals surface area (Å²) in [5, 5.41) is 0. The Labute approximate surface area is 460 Å². The number of allylic oxidation sites excluding steroid dienone is 28. The molecule has 6 nitrogen and oxygen atoms in total. The van der Waals surface area contributed by atoms with Crippen LogP contribution in [0.4, 0.5) is 0 Å². The first-order valence-electron chi connectivity index (χ1n) is 29.6. The summed E-state index contributed by atoms with van der Waals surface area (Å²) in [6, 6.07) is 0. The number of rotatable bonds is 51. The summed E-state index contributed by atoms with van der Waals surface area (Å²) >= 11 is 0. The molecule has 418 valence electrons. The number of ether oxygens (including phenoxy) is 3. The van der Waals surface area contributed by atoms with Crippen LogP contribution in [-0.4, -0.2) is 37.2 Å². The van der Waals surface area contributed by atoms with E-state index in [0.717, 1.165) is 148 Å². The Kier molecular flexibility index (Phi) is 57.0. The van der Waals surface area contributed by atoms with E-state index in [1.807, 2.05) is 12.2 Å². The number of esters is 3. The summed E-state index contributed by atoms with van der Waals surface area (Å²) in [5.74, 6) is -1.05. The number of hydrogen-bond acceptors (Lipinski definition) is 6. The van der Waals surface area contributed by atoms with Gasteiger partial charge in [0.05, 0.1) is 0 Å². The Morgan fingerprint density at radius 1 is 0.267 bits per heavy atom. The molecule has 0 radical (unpaired) electrons. The molecular formula is C69H106O6. The predicted molar refractivity (Wildman–Crippen MR) is 325 cm³/mol. The fourth-order valence-corrected chi connectivity index (χ4v) is 7.39. The van der Waals surface area contributed by atoms with Crippen molar-refractivity contribution in [3.63, 3.8) is 0 Å². The number of carbonyl (C=O) groups excluding carboxylic acids is 3. The molecule has 0 fully saturated rings. The zero-order chi connectivity index (χ0) is 54.3. The Balaban J connectivity index is 4.58. The van der Waals surface area contributed by atoms with Crippen LogP contribution in [0.1, 0.15) is 226 Å². The SMILES string of the molecule is CC/C=C\C/C=C\C/C=C\C/C=C\C/C=C\C/C=C\CCC(=O)OC(COC(=O)CCCCCC/C=C\C/C=C\C/C=C\C/C=C\CC)COC(=O)CCCCCCCCCC/C=C\C/C=C\C/C=C\C/C=C\CC. The van der Waals surface area contributed by atoms with Gasteiger partial charge in [-0.2, -0.15) is 0 Å². The minimum Gasteiger partial charge on any atom is -0.462 e. The van der Waals surface area contributed by atoms with Crippen molar-refractivity contribution < 1.29 is 28.6 Å². The molecule has 0 aliphatic carbocycles. The Bertz CT molecular complexity index is 1750. The minimum atomic E-state index is -0.843. The van der Waals surface area contributed by atoms with Gasteiger partial charge in [0.1, 0.15) is 13.2 Å². The van der Waals surface area contributed by atoms with E-state index in [0.29, 0.717) is 19.3 Å². The molecule has 6 heteroatoms. The van der Waals surface area contributed by atoms with Crippen LogP contribution in [0.15, 0.2) is 170 Å². The Hall–Kier alpha value is -5.23. The van der Waals surface area contributed by atoms with Gasteiger partial charge >= 0.3 is 17.9 Å². The maximum Gasteiger partial charge on any atom is 0.306 e. The molecule has 0 aliphatic heterocycles. The van der Waals surface area contributed by atoms with Gasteiger partial charge in [0.15, 0.2) is 6.10 Å². The lowest BCUT2D eigenvalue weighted by Crippen LogP contribution is -2.30. The van der Waals surface area contributed by atoms with Crippen molar-refractivity contribution in [2.45, 2.75) is 232 Å². The highest BCUT2D eigenvalue weighted by Crippen LogP contribution is 2.13. The average Bonchev–Trinajstić information content (AvgIpc) is 3.41.